The molecule has 0 radical (unpaired) electrons. The predicted molar refractivity (Wildman–Crippen MR) is 41.3 cm³/mol. The Morgan fingerprint density at radius 1 is 1.55 bits per heavy atom. The Balaban J connectivity index is 1.95. The molecule has 0 aromatic carbocycles. The van der Waals surface area contributed by atoms with Gasteiger partial charge in [-0.2, -0.15) is 0 Å². The van der Waals surface area contributed by atoms with E-state index in [2.05, 4.69) is 6.08 Å². The van der Waals surface area contributed by atoms with Crippen LogP contribution in [0.15, 0.2) is 35.0 Å². The number of hydrogen-bond acceptors (Lipinski definition) is 2. The fraction of sp³-hybridized carbons (Fsp3) is 0.333. The van der Waals surface area contributed by atoms with Crippen molar-refractivity contribution in [3.8, 4) is 0 Å². The van der Waals surface area contributed by atoms with Gasteiger partial charge in [-0.1, -0.05) is 12.2 Å². The first-order valence-corrected chi connectivity index (χ1v) is 3.76. The van der Waals surface area contributed by atoms with E-state index in [4.69, 9.17) is 9.15 Å². The summed E-state index contributed by atoms with van der Waals surface area (Å²) in [7, 11) is 0. The second-order valence-electron chi connectivity index (χ2n) is 2.58. The van der Waals surface area contributed by atoms with Gasteiger partial charge in [-0.15, -0.1) is 0 Å². The highest BCUT2D eigenvalue weighted by molar-refractivity contribution is 5.05. The highest BCUT2D eigenvalue weighted by Gasteiger charge is 2.10. The molecular weight excluding hydrogens is 140 g/mol. The van der Waals surface area contributed by atoms with Gasteiger partial charge in [0.2, 0.25) is 0 Å². The van der Waals surface area contributed by atoms with Crippen molar-refractivity contribution in [1.82, 2.24) is 0 Å². The van der Waals surface area contributed by atoms with E-state index in [-0.39, 0.29) is 6.10 Å². The van der Waals surface area contributed by atoms with Crippen LogP contribution in [-0.2, 0) is 11.2 Å². The minimum atomic E-state index is 0.223. The van der Waals surface area contributed by atoms with E-state index in [0.717, 1.165) is 18.8 Å². The second-order valence-corrected chi connectivity index (χ2v) is 2.58. The molecule has 0 aliphatic carbocycles. The Labute approximate surface area is 65.5 Å². The van der Waals surface area contributed by atoms with Crippen LogP contribution in [0.5, 0.6) is 0 Å². The monoisotopic (exact) mass is 150 g/mol. The molecule has 0 bridgehead atoms. The zero-order valence-corrected chi connectivity index (χ0v) is 6.19. The number of rotatable bonds is 2. The maximum atomic E-state index is 5.36. The summed E-state index contributed by atoms with van der Waals surface area (Å²) in [6, 6.07) is 3.86. The van der Waals surface area contributed by atoms with Crippen LogP contribution in [0.1, 0.15) is 5.76 Å². The summed E-state index contributed by atoms with van der Waals surface area (Å²) in [6.07, 6.45) is 6.87. The maximum absolute atomic E-state index is 5.36. The molecule has 2 nitrogen and oxygen atoms in total. The number of hydrogen-bond donors (Lipinski definition) is 0. The molecule has 0 N–H and O–H groups in total. The molecule has 0 fully saturated rings. The lowest BCUT2D eigenvalue weighted by Crippen LogP contribution is -2.07. The minimum Gasteiger partial charge on any atom is -0.469 e. The molecule has 1 aromatic heterocycles. The molecule has 2 rings (SSSR count). The van der Waals surface area contributed by atoms with Gasteiger partial charge in [0.15, 0.2) is 0 Å². The Hall–Kier alpha value is -1.02. The molecule has 11 heavy (non-hydrogen) atoms. The summed E-state index contributed by atoms with van der Waals surface area (Å²) in [6.45, 7) is 0.741. The predicted octanol–water partition coefficient (Wildman–Crippen LogP) is 1.78. The van der Waals surface area contributed by atoms with Crippen LogP contribution in [0.3, 0.4) is 0 Å². The molecule has 1 aliphatic heterocycles. The van der Waals surface area contributed by atoms with E-state index in [9.17, 15) is 0 Å². The largest absolute Gasteiger partial charge is 0.469 e. The zero-order valence-electron chi connectivity index (χ0n) is 6.19. The first-order valence-electron chi connectivity index (χ1n) is 3.76. The summed E-state index contributed by atoms with van der Waals surface area (Å²) in [5.74, 6) is 0.988. The highest BCUT2D eigenvalue weighted by atomic mass is 16.5. The summed E-state index contributed by atoms with van der Waals surface area (Å²) in [4.78, 5) is 0. The lowest BCUT2D eigenvalue weighted by molar-refractivity contribution is 0.124. The van der Waals surface area contributed by atoms with Crippen LogP contribution >= 0.6 is 0 Å². The highest BCUT2D eigenvalue weighted by Crippen LogP contribution is 2.11. The first kappa shape index (κ1) is 6.68. The van der Waals surface area contributed by atoms with E-state index in [1.165, 1.54) is 0 Å². The third-order valence-corrected chi connectivity index (χ3v) is 1.74. The topological polar surface area (TPSA) is 22.4 Å². The van der Waals surface area contributed by atoms with Crippen molar-refractivity contribution in [2.45, 2.75) is 12.5 Å². The van der Waals surface area contributed by atoms with Crippen LogP contribution in [0, 0.1) is 0 Å². The van der Waals surface area contributed by atoms with Gasteiger partial charge in [0.25, 0.3) is 0 Å². The molecule has 0 unspecified atom stereocenters. The Morgan fingerprint density at radius 2 is 2.55 bits per heavy atom. The van der Waals surface area contributed by atoms with Crippen molar-refractivity contribution >= 4 is 0 Å². The van der Waals surface area contributed by atoms with Crippen LogP contribution in [0.2, 0.25) is 0 Å². The number of furan rings is 1. The van der Waals surface area contributed by atoms with Crippen molar-refractivity contribution < 1.29 is 9.15 Å². The minimum absolute atomic E-state index is 0.223. The summed E-state index contributed by atoms with van der Waals surface area (Å²) in [5.41, 5.74) is 0. The molecule has 0 amide bonds. The lowest BCUT2D eigenvalue weighted by Gasteiger charge is -2.04. The van der Waals surface area contributed by atoms with Gasteiger partial charge < -0.3 is 9.15 Å². The van der Waals surface area contributed by atoms with Gasteiger partial charge >= 0.3 is 0 Å². The van der Waals surface area contributed by atoms with E-state index < -0.39 is 0 Å². The second kappa shape index (κ2) is 2.93. The normalized spacial score (nSPS) is 22.7. The Kier molecular flexibility index (Phi) is 1.78. The fourth-order valence-corrected chi connectivity index (χ4v) is 1.20. The Morgan fingerprint density at radius 3 is 3.18 bits per heavy atom. The van der Waals surface area contributed by atoms with Crippen molar-refractivity contribution in [3.05, 3.63) is 36.3 Å². The van der Waals surface area contributed by atoms with Crippen molar-refractivity contribution in [2.24, 2.45) is 0 Å². The summed E-state index contributed by atoms with van der Waals surface area (Å²) in [5, 5.41) is 0. The van der Waals surface area contributed by atoms with Gasteiger partial charge in [-0.25, -0.2) is 0 Å². The lowest BCUT2D eigenvalue weighted by atomic mass is 10.2. The molecule has 1 aromatic rings. The average molecular weight is 150 g/mol. The third kappa shape index (κ3) is 1.52. The van der Waals surface area contributed by atoms with E-state index in [1.54, 1.807) is 6.26 Å². The molecule has 0 spiro atoms. The average Bonchev–Trinajstić information content (AvgIpc) is 2.60. The third-order valence-electron chi connectivity index (χ3n) is 1.74. The quantitative estimate of drug-likeness (QED) is 0.599. The van der Waals surface area contributed by atoms with Crippen molar-refractivity contribution in [2.75, 3.05) is 6.61 Å². The van der Waals surface area contributed by atoms with Gasteiger partial charge in [0.1, 0.15) is 5.76 Å². The standard InChI is InChI=1S/C9H10O2/c1-3-8(10-5-1)7-9-4-2-6-11-9/h1-5,9H,6-7H2/t9-/m1/s1. The smallest absolute Gasteiger partial charge is 0.106 e. The molecule has 1 aliphatic rings. The summed E-state index contributed by atoms with van der Waals surface area (Å²) < 4.78 is 10.5. The molecule has 58 valence electrons. The zero-order chi connectivity index (χ0) is 7.52. The van der Waals surface area contributed by atoms with Crippen LogP contribution in [-0.4, -0.2) is 12.7 Å². The van der Waals surface area contributed by atoms with E-state index in [1.807, 2.05) is 18.2 Å². The van der Waals surface area contributed by atoms with Crippen LogP contribution in [0.4, 0.5) is 0 Å². The van der Waals surface area contributed by atoms with Crippen LogP contribution in [0.25, 0.3) is 0 Å². The molecule has 2 heterocycles. The number of ether oxygens (including phenoxy) is 1. The van der Waals surface area contributed by atoms with Crippen molar-refractivity contribution in [1.29, 1.82) is 0 Å². The Bertz CT molecular complexity index is 236. The van der Waals surface area contributed by atoms with Crippen LogP contribution < -0.4 is 0 Å². The maximum Gasteiger partial charge on any atom is 0.106 e. The molecule has 0 saturated carbocycles. The van der Waals surface area contributed by atoms with Gasteiger partial charge in [0.05, 0.1) is 19.0 Å². The van der Waals surface area contributed by atoms with Gasteiger partial charge in [-0.05, 0) is 12.1 Å². The van der Waals surface area contributed by atoms with E-state index in [0.29, 0.717) is 0 Å². The first-order chi connectivity index (χ1) is 5.45. The van der Waals surface area contributed by atoms with Gasteiger partial charge in [0, 0.05) is 6.42 Å². The summed E-state index contributed by atoms with van der Waals surface area (Å²) >= 11 is 0. The fourth-order valence-electron chi connectivity index (χ4n) is 1.20. The SMILES string of the molecule is C1=C[C@H](Cc2ccco2)OC1. The molecule has 2 heteroatoms. The molecule has 0 saturated heterocycles. The van der Waals surface area contributed by atoms with Gasteiger partial charge in [-0.3, -0.25) is 0 Å². The van der Waals surface area contributed by atoms with E-state index >= 15 is 0 Å². The molecular formula is C9H10O2. The van der Waals surface area contributed by atoms with Crippen molar-refractivity contribution in [3.63, 3.8) is 0 Å². The molecule has 1 atom stereocenters.